The fourth-order valence-electron chi connectivity index (χ4n) is 3.63. The minimum atomic E-state index is -0.151. The fourth-order valence-corrected chi connectivity index (χ4v) is 3.63. The van der Waals surface area contributed by atoms with Crippen LogP contribution in [0.1, 0.15) is 85.8 Å². The third-order valence-corrected chi connectivity index (χ3v) is 5.71. The molecule has 168 valence electrons. The van der Waals surface area contributed by atoms with Gasteiger partial charge in [-0.15, -0.1) is 0 Å². The van der Waals surface area contributed by atoms with Crippen molar-refractivity contribution in [2.24, 2.45) is 0 Å². The monoisotopic (exact) mass is 436 g/mol. The highest BCUT2D eigenvalue weighted by Gasteiger charge is 2.02. The van der Waals surface area contributed by atoms with Gasteiger partial charge in [0, 0.05) is 22.3 Å². The van der Waals surface area contributed by atoms with Crippen molar-refractivity contribution in [2.45, 2.75) is 65.2 Å². The van der Waals surface area contributed by atoms with E-state index in [0.29, 0.717) is 5.56 Å². The molecule has 0 aliphatic carbocycles. The summed E-state index contributed by atoms with van der Waals surface area (Å²) in [4.78, 5) is 0. The Kier molecular flexibility index (Phi) is 9.82. The predicted molar refractivity (Wildman–Crippen MR) is 138 cm³/mol. The molecule has 0 N–H and O–H groups in total. The Balaban J connectivity index is 1.58. The lowest BCUT2D eigenvalue weighted by atomic mass is 10.0. The van der Waals surface area contributed by atoms with Crippen molar-refractivity contribution in [1.29, 1.82) is 0 Å². The van der Waals surface area contributed by atoms with Gasteiger partial charge in [-0.05, 0) is 85.3 Å². The van der Waals surface area contributed by atoms with Crippen LogP contribution in [0.2, 0.25) is 0 Å². The highest BCUT2D eigenvalue weighted by Crippen LogP contribution is 2.14. The lowest BCUT2D eigenvalue weighted by Gasteiger charge is -2.03. The van der Waals surface area contributed by atoms with Gasteiger partial charge in [-0.3, -0.25) is 0 Å². The van der Waals surface area contributed by atoms with E-state index in [2.05, 4.69) is 61.8 Å². The quantitative estimate of drug-likeness (QED) is 0.247. The molecule has 0 atom stereocenters. The van der Waals surface area contributed by atoms with Gasteiger partial charge in [0.2, 0.25) is 0 Å². The number of rotatable bonds is 8. The Morgan fingerprint density at radius 2 is 1.06 bits per heavy atom. The zero-order valence-corrected chi connectivity index (χ0v) is 19.9. The van der Waals surface area contributed by atoms with Crippen molar-refractivity contribution < 1.29 is 4.39 Å². The maximum Gasteiger partial charge on any atom is 0.127 e. The predicted octanol–water partition coefficient (Wildman–Crippen LogP) is 8.09. The molecule has 1 heteroatoms. The maximum atomic E-state index is 14.4. The molecule has 0 fully saturated rings. The molecular weight excluding hydrogens is 403 g/mol. The smallest absolute Gasteiger partial charge is 0.127 e. The summed E-state index contributed by atoms with van der Waals surface area (Å²) >= 11 is 0. The molecule has 0 amide bonds. The van der Waals surface area contributed by atoms with Crippen LogP contribution in [0.5, 0.6) is 0 Å². The number of hydrogen-bond donors (Lipinski definition) is 0. The second-order valence-electron chi connectivity index (χ2n) is 8.49. The van der Waals surface area contributed by atoms with Gasteiger partial charge in [-0.1, -0.05) is 81.4 Å². The van der Waals surface area contributed by atoms with Gasteiger partial charge in [-0.2, -0.15) is 0 Å². The van der Waals surface area contributed by atoms with Gasteiger partial charge in [0.05, 0.1) is 0 Å². The minimum absolute atomic E-state index is 0.151. The van der Waals surface area contributed by atoms with E-state index in [4.69, 9.17) is 0 Å². The molecule has 0 nitrogen and oxygen atoms in total. The van der Waals surface area contributed by atoms with E-state index in [1.54, 1.807) is 6.07 Å². The summed E-state index contributed by atoms with van der Waals surface area (Å²) in [5.74, 6) is 12.5. The average Bonchev–Trinajstić information content (AvgIpc) is 2.85. The average molecular weight is 437 g/mol. The van der Waals surface area contributed by atoms with Gasteiger partial charge in [0.1, 0.15) is 5.82 Å². The molecule has 0 saturated heterocycles. The first-order valence-electron chi connectivity index (χ1n) is 12.2. The molecular formula is C32H33F. The molecule has 33 heavy (non-hydrogen) atoms. The normalized spacial score (nSPS) is 10.2. The first kappa shape index (κ1) is 24.4. The van der Waals surface area contributed by atoms with Gasteiger partial charge >= 0.3 is 0 Å². The molecule has 3 aromatic carbocycles. The van der Waals surface area contributed by atoms with Crippen molar-refractivity contribution in [1.82, 2.24) is 0 Å². The SMILES string of the molecule is CCCCCCc1ccc(C#Cc2ccc(C#Cc3ccc(CCCC)cc3)cc2)cc1F. The van der Waals surface area contributed by atoms with Crippen LogP contribution in [0.3, 0.4) is 0 Å². The molecule has 0 heterocycles. The third kappa shape index (κ3) is 8.29. The van der Waals surface area contributed by atoms with Crippen LogP contribution in [-0.4, -0.2) is 0 Å². The zero-order valence-electron chi connectivity index (χ0n) is 19.9. The van der Waals surface area contributed by atoms with Crippen LogP contribution in [0.15, 0.2) is 66.7 Å². The molecule has 0 aliphatic heterocycles. The van der Waals surface area contributed by atoms with Crippen LogP contribution in [0, 0.1) is 29.5 Å². The van der Waals surface area contributed by atoms with E-state index >= 15 is 0 Å². The summed E-state index contributed by atoms with van der Waals surface area (Å²) in [6, 6.07) is 21.7. The summed E-state index contributed by atoms with van der Waals surface area (Å²) in [5.41, 5.74) is 5.73. The van der Waals surface area contributed by atoms with Crippen molar-refractivity contribution in [3.8, 4) is 23.7 Å². The first-order chi connectivity index (χ1) is 16.2. The molecule has 3 rings (SSSR count). The Bertz CT molecular complexity index is 1130. The summed E-state index contributed by atoms with van der Waals surface area (Å²) in [5, 5.41) is 0. The molecule has 0 unspecified atom stereocenters. The Hall–Kier alpha value is -3.29. The van der Waals surface area contributed by atoms with Crippen LogP contribution in [-0.2, 0) is 12.8 Å². The third-order valence-electron chi connectivity index (χ3n) is 5.71. The second-order valence-corrected chi connectivity index (χ2v) is 8.49. The van der Waals surface area contributed by atoms with E-state index in [9.17, 15) is 4.39 Å². The van der Waals surface area contributed by atoms with Crippen LogP contribution in [0.4, 0.5) is 4.39 Å². The van der Waals surface area contributed by atoms with Crippen LogP contribution >= 0.6 is 0 Å². The molecule has 0 aromatic heterocycles. The maximum absolute atomic E-state index is 14.4. The van der Waals surface area contributed by atoms with Crippen LogP contribution < -0.4 is 0 Å². The lowest BCUT2D eigenvalue weighted by Crippen LogP contribution is -1.92. The second kappa shape index (κ2) is 13.3. The van der Waals surface area contributed by atoms with E-state index < -0.39 is 0 Å². The summed E-state index contributed by atoms with van der Waals surface area (Å²) in [7, 11) is 0. The van der Waals surface area contributed by atoms with Gasteiger partial charge in [-0.25, -0.2) is 4.39 Å². The number of unbranched alkanes of at least 4 members (excludes halogenated alkanes) is 4. The lowest BCUT2D eigenvalue weighted by molar-refractivity contribution is 0.593. The van der Waals surface area contributed by atoms with Gasteiger partial charge in [0.15, 0.2) is 0 Å². The topological polar surface area (TPSA) is 0 Å². The number of hydrogen-bond acceptors (Lipinski definition) is 0. The van der Waals surface area contributed by atoms with Gasteiger partial charge in [0.25, 0.3) is 0 Å². The largest absolute Gasteiger partial charge is 0.207 e. The van der Waals surface area contributed by atoms with Crippen molar-refractivity contribution >= 4 is 0 Å². The zero-order chi connectivity index (χ0) is 23.3. The first-order valence-corrected chi connectivity index (χ1v) is 12.2. The Morgan fingerprint density at radius 3 is 1.61 bits per heavy atom. The van der Waals surface area contributed by atoms with Crippen molar-refractivity contribution in [3.05, 3.63) is 106 Å². The van der Waals surface area contributed by atoms with Crippen molar-refractivity contribution in [2.75, 3.05) is 0 Å². The summed E-state index contributed by atoms with van der Waals surface area (Å²) in [6.07, 6.45) is 8.95. The standard InChI is InChI=1S/C32H33F/c1-3-5-7-8-10-31-24-23-30(25-32(31)33)22-21-29-19-17-28(18-20-29)16-15-27-13-11-26(12-14-27)9-6-4-2/h11-14,17-20,23-25H,3-10H2,1-2H3. The van der Waals surface area contributed by atoms with Gasteiger partial charge < -0.3 is 0 Å². The highest BCUT2D eigenvalue weighted by atomic mass is 19.1. The van der Waals surface area contributed by atoms with E-state index in [1.165, 1.54) is 31.2 Å². The Morgan fingerprint density at radius 1 is 0.545 bits per heavy atom. The van der Waals surface area contributed by atoms with E-state index in [1.807, 2.05) is 36.4 Å². The Labute approximate surface area is 199 Å². The molecule has 3 aromatic rings. The molecule has 0 aliphatic rings. The molecule has 0 bridgehead atoms. The van der Waals surface area contributed by atoms with Crippen molar-refractivity contribution in [3.63, 3.8) is 0 Å². The highest BCUT2D eigenvalue weighted by molar-refractivity contribution is 5.48. The molecule has 0 spiro atoms. The molecule has 0 radical (unpaired) electrons. The number of aryl methyl sites for hydroxylation is 2. The molecule has 0 saturated carbocycles. The van der Waals surface area contributed by atoms with E-state index in [-0.39, 0.29) is 5.82 Å². The van der Waals surface area contributed by atoms with E-state index in [0.717, 1.165) is 47.9 Å². The fraction of sp³-hybridized carbons (Fsp3) is 0.312. The minimum Gasteiger partial charge on any atom is -0.207 e. The summed E-state index contributed by atoms with van der Waals surface area (Å²) in [6.45, 7) is 4.40. The number of benzene rings is 3. The van der Waals surface area contributed by atoms with Crippen LogP contribution in [0.25, 0.3) is 0 Å². The number of halogens is 1. The summed E-state index contributed by atoms with van der Waals surface area (Å²) < 4.78 is 14.4.